The highest BCUT2D eigenvalue weighted by molar-refractivity contribution is 7.97. The summed E-state index contributed by atoms with van der Waals surface area (Å²) in [4.78, 5) is 4.08. The fourth-order valence-electron chi connectivity index (χ4n) is 2.52. The van der Waals surface area contributed by atoms with Crippen molar-refractivity contribution in [2.75, 3.05) is 6.61 Å². The van der Waals surface area contributed by atoms with Gasteiger partial charge in [-0.3, -0.25) is 0 Å². The van der Waals surface area contributed by atoms with Crippen molar-refractivity contribution in [3.05, 3.63) is 91.0 Å². The van der Waals surface area contributed by atoms with Crippen LogP contribution in [0.3, 0.4) is 0 Å². The van der Waals surface area contributed by atoms with Gasteiger partial charge < -0.3 is 9.66 Å². The molecular formula is C22H21F3O4S2. The van der Waals surface area contributed by atoms with Gasteiger partial charge in [0.1, 0.15) is 0 Å². The van der Waals surface area contributed by atoms with E-state index in [0.29, 0.717) is 0 Å². The van der Waals surface area contributed by atoms with Crippen LogP contribution in [0.5, 0.6) is 0 Å². The number of alkyl halides is 3. The zero-order chi connectivity index (χ0) is 22.9. The maximum Gasteiger partial charge on any atom is 0.364 e. The second-order valence-electron chi connectivity index (χ2n) is 6.24. The zero-order valence-electron chi connectivity index (χ0n) is 16.3. The summed E-state index contributed by atoms with van der Waals surface area (Å²) in [6.45, 7) is -0.952. The molecule has 0 amide bonds. The fourth-order valence-corrected chi connectivity index (χ4v) is 5.05. The van der Waals surface area contributed by atoms with Gasteiger partial charge in [0, 0.05) is 13.0 Å². The van der Waals surface area contributed by atoms with Gasteiger partial charge in [0.15, 0.2) is 31.0 Å². The van der Waals surface area contributed by atoms with Gasteiger partial charge in [-0.25, -0.2) is 12.8 Å². The SMILES string of the molecule is O=S(=O)([O-])C(F)(F)C(F)CCO.c1ccc([S+](c2ccccc2)c2ccccc2)cc1. The largest absolute Gasteiger partial charge is 0.743 e. The average molecular weight is 471 g/mol. The van der Waals surface area contributed by atoms with Crippen molar-refractivity contribution in [1.82, 2.24) is 0 Å². The Hall–Kier alpha value is -2.33. The number of rotatable bonds is 7. The lowest BCUT2D eigenvalue weighted by Crippen LogP contribution is -2.39. The van der Waals surface area contributed by atoms with E-state index < -0.39 is 34.6 Å². The van der Waals surface area contributed by atoms with Crippen LogP contribution in [0.25, 0.3) is 0 Å². The van der Waals surface area contributed by atoms with Crippen molar-refractivity contribution in [1.29, 1.82) is 0 Å². The van der Waals surface area contributed by atoms with Gasteiger partial charge in [-0.15, -0.1) is 0 Å². The van der Waals surface area contributed by atoms with E-state index >= 15 is 0 Å². The van der Waals surface area contributed by atoms with Crippen LogP contribution in [-0.4, -0.2) is 36.1 Å². The highest BCUT2D eigenvalue weighted by Gasteiger charge is 2.46. The molecule has 31 heavy (non-hydrogen) atoms. The Kier molecular flexibility index (Phi) is 9.12. The maximum absolute atomic E-state index is 12.2. The first-order valence-electron chi connectivity index (χ1n) is 9.16. The molecule has 0 radical (unpaired) electrons. The third-order valence-electron chi connectivity index (χ3n) is 4.02. The molecule has 166 valence electrons. The van der Waals surface area contributed by atoms with E-state index in [1.54, 1.807) is 0 Å². The second-order valence-corrected chi connectivity index (χ2v) is 9.72. The number of aliphatic hydroxyl groups is 1. The number of aliphatic hydroxyl groups excluding tert-OH is 1. The Morgan fingerprint density at radius 2 is 1.13 bits per heavy atom. The second kappa shape index (κ2) is 11.3. The van der Waals surface area contributed by atoms with Gasteiger partial charge >= 0.3 is 5.25 Å². The van der Waals surface area contributed by atoms with Gasteiger partial charge in [0.2, 0.25) is 0 Å². The van der Waals surface area contributed by atoms with Crippen molar-refractivity contribution in [3.8, 4) is 0 Å². The quantitative estimate of drug-likeness (QED) is 0.404. The van der Waals surface area contributed by atoms with Crippen LogP contribution in [0.1, 0.15) is 6.42 Å². The zero-order valence-corrected chi connectivity index (χ0v) is 17.9. The molecule has 0 aliphatic heterocycles. The molecular weight excluding hydrogens is 449 g/mol. The van der Waals surface area contributed by atoms with E-state index in [-0.39, 0.29) is 10.9 Å². The highest BCUT2D eigenvalue weighted by Crippen LogP contribution is 2.30. The molecule has 3 aromatic rings. The van der Waals surface area contributed by atoms with E-state index in [1.165, 1.54) is 14.7 Å². The van der Waals surface area contributed by atoms with Crippen LogP contribution in [0.4, 0.5) is 13.2 Å². The van der Waals surface area contributed by atoms with E-state index in [9.17, 15) is 26.1 Å². The molecule has 0 aliphatic carbocycles. The molecule has 1 atom stereocenters. The molecule has 1 N–H and O–H groups in total. The molecule has 0 heterocycles. The highest BCUT2D eigenvalue weighted by atomic mass is 32.2. The van der Waals surface area contributed by atoms with Crippen LogP contribution >= 0.6 is 0 Å². The van der Waals surface area contributed by atoms with Crippen molar-refractivity contribution in [2.45, 2.75) is 32.5 Å². The average Bonchev–Trinajstić information content (AvgIpc) is 2.76. The predicted octanol–water partition coefficient (Wildman–Crippen LogP) is 4.63. The minimum absolute atomic E-state index is 0.0146. The van der Waals surface area contributed by atoms with Gasteiger partial charge in [0.25, 0.3) is 0 Å². The molecule has 0 spiro atoms. The third kappa shape index (κ3) is 6.83. The molecule has 0 aliphatic rings. The van der Waals surface area contributed by atoms with Crippen LogP contribution in [0.2, 0.25) is 0 Å². The van der Waals surface area contributed by atoms with E-state index in [0.717, 1.165) is 0 Å². The van der Waals surface area contributed by atoms with E-state index in [2.05, 4.69) is 91.0 Å². The summed E-state index contributed by atoms with van der Waals surface area (Å²) >= 11 is 0. The normalized spacial score (nSPS) is 12.7. The summed E-state index contributed by atoms with van der Waals surface area (Å²) in [5.41, 5.74) is 0. The lowest BCUT2D eigenvalue weighted by atomic mass is 10.3. The van der Waals surface area contributed by atoms with Gasteiger partial charge in [0.05, 0.1) is 10.9 Å². The molecule has 0 fully saturated rings. The van der Waals surface area contributed by atoms with Crippen molar-refractivity contribution < 1.29 is 31.2 Å². The maximum atomic E-state index is 12.2. The Labute approximate surface area is 182 Å². The molecule has 4 nitrogen and oxygen atoms in total. The van der Waals surface area contributed by atoms with Gasteiger partial charge in [-0.05, 0) is 36.4 Å². The predicted molar refractivity (Wildman–Crippen MR) is 113 cm³/mol. The van der Waals surface area contributed by atoms with Crippen LogP contribution in [-0.2, 0) is 21.0 Å². The Bertz CT molecular complexity index is 924. The number of benzene rings is 3. The summed E-state index contributed by atoms with van der Waals surface area (Å²) in [5, 5.41) is 3.03. The monoisotopic (exact) mass is 470 g/mol. The van der Waals surface area contributed by atoms with Gasteiger partial charge in [-0.2, -0.15) is 8.78 Å². The van der Waals surface area contributed by atoms with Crippen LogP contribution < -0.4 is 0 Å². The fraction of sp³-hybridized carbons (Fsp3) is 0.182. The van der Waals surface area contributed by atoms with Crippen molar-refractivity contribution >= 4 is 21.0 Å². The molecule has 0 saturated carbocycles. The smallest absolute Gasteiger partial charge is 0.364 e. The molecule has 1 unspecified atom stereocenters. The number of hydrogen-bond acceptors (Lipinski definition) is 4. The topological polar surface area (TPSA) is 77.4 Å². The van der Waals surface area contributed by atoms with Crippen molar-refractivity contribution in [3.63, 3.8) is 0 Å². The summed E-state index contributed by atoms with van der Waals surface area (Å²) in [6, 6.07) is 32.2. The summed E-state index contributed by atoms with van der Waals surface area (Å²) < 4.78 is 65.7. The Balaban J connectivity index is 0.000000248. The van der Waals surface area contributed by atoms with Crippen LogP contribution in [0.15, 0.2) is 106 Å². The number of hydrogen-bond donors (Lipinski definition) is 1. The van der Waals surface area contributed by atoms with E-state index in [4.69, 9.17) is 5.11 Å². The number of halogens is 3. The Morgan fingerprint density at radius 1 is 0.806 bits per heavy atom. The lowest BCUT2D eigenvalue weighted by Gasteiger charge is -2.22. The molecule has 0 bridgehead atoms. The first-order chi connectivity index (χ1) is 14.7. The Morgan fingerprint density at radius 3 is 1.39 bits per heavy atom. The summed E-state index contributed by atoms with van der Waals surface area (Å²) in [6.07, 6.45) is -4.25. The summed E-state index contributed by atoms with van der Waals surface area (Å²) in [7, 11) is -6.01. The molecule has 0 saturated heterocycles. The molecule has 9 heteroatoms. The minimum atomic E-state index is -5.99. The third-order valence-corrected chi connectivity index (χ3v) is 7.17. The van der Waals surface area contributed by atoms with Crippen LogP contribution in [0, 0.1) is 0 Å². The molecule has 0 aromatic heterocycles. The first-order valence-corrected chi connectivity index (χ1v) is 11.8. The lowest BCUT2D eigenvalue weighted by molar-refractivity contribution is -0.0131. The molecule has 3 aromatic carbocycles. The van der Waals surface area contributed by atoms with Gasteiger partial charge in [-0.1, -0.05) is 54.6 Å². The van der Waals surface area contributed by atoms with Crippen molar-refractivity contribution in [2.24, 2.45) is 0 Å². The van der Waals surface area contributed by atoms with E-state index in [1.807, 2.05) is 0 Å². The molecule has 3 rings (SSSR count). The summed E-state index contributed by atoms with van der Waals surface area (Å²) in [5.74, 6) is 0. The minimum Gasteiger partial charge on any atom is -0.743 e. The standard InChI is InChI=1S/C18H15S.C4H7F3O4S/c1-4-10-16(11-5-1)19(17-12-6-2-7-13-17)18-14-8-3-9-15-18;5-3(1-2-8)4(6,7)12(9,10)11/h1-15H;3,8H,1-2H2,(H,9,10,11)/q+1;/p-1. The first kappa shape index (κ1) is 24.9.